The molecule has 0 radical (unpaired) electrons. The SMILES string of the molecule is Fc1ccccc1-c1nc(SCC2CN=C(N3CCOCC3)S2)n[nH]1. The maximum Gasteiger partial charge on any atom is 0.208 e. The number of thioether (sulfide) groups is 2. The predicted molar refractivity (Wildman–Crippen MR) is 98.6 cm³/mol. The van der Waals surface area contributed by atoms with Crippen molar-refractivity contribution in [1.29, 1.82) is 0 Å². The molecule has 6 nitrogen and oxygen atoms in total. The van der Waals surface area contributed by atoms with Gasteiger partial charge in [-0.05, 0) is 12.1 Å². The molecule has 0 aliphatic carbocycles. The number of aromatic amines is 1. The third kappa shape index (κ3) is 3.99. The van der Waals surface area contributed by atoms with Crippen molar-refractivity contribution in [2.24, 2.45) is 4.99 Å². The van der Waals surface area contributed by atoms with Crippen molar-refractivity contribution in [3.63, 3.8) is 0 Å². The molecule has 2 aliphatic heterocycles. The molecule has 1 atom stereocenters. The summed E-state index contributed by atoms with van der Waals surface area (Å²) in [5.41, 5.74) is 0.440. The van der Waals surface area contributed by atoms with E-state index in [-0.39, 0.29) is 5.82 Å². The molecule has 0 saturated carbocycles. The van der Waals surface area contributed by atoms with Gasteiger partial charge in [0.25, 0.3) is 0 Å². The normalized spacial score (nSPS) is 20.8. The number of nitrogens with one attached hydrogen (secondary N) is 1. The molecule has 132 valence electrons. The van der Waals surface area contributed by atoms with Crippen LogP contribution in [0.4, 0.5) is 4.39 Å². The average Bonchev–Trinajstić information content (AvgIpc) is 3.31. The second-order valence-electron chi connectivity index (χ2n) is 5.72. The molecule has 0 spiro atoms. The van der Waals surface area contributed by atoms with E-state index < -0.39 is 0 Å². The lowest BCUT2D eigenvalue weighted by Gasteiger charge is -2.28. The number of hydrogen-bond acceptors (Lipinski definition) is 7. The Morgan fingerprint density at radius 3 is 3.00 bits per heavy atom. The summed E-state index contributed by atoms with van der Waals surface area (Å²) in [5, 5.41) is 9.18. The maximum atomic E-state index is 13.8. The highest BCUT2D eigenvalue weighted by Gasteiger charge is 2.25. The molecule has 9 heteroatoms. The van der Waals surface area contributed by atoms with E-state index in [1.54, 1.807) is 30.0 Å². The van der Waals surface area contributed by atoms with Crippen LogP contribution in [0.2, 0.25) is 0 Å². The Labute approximate surface area is 153 Å². The Kier molecular flexibility index (Phi) is 5.23. The number of morpholine rings is 1. The summed E-state index contributed by atoms with van der Waals surface area (Å²) >= 11 is 3.39. The number of aliphatic imine (C=N–C) groups is 1. The number of aromatic nitrogens is 3. The van der Waals surface area contributed by atoms with Crippen molar-refractivity contribution in [3.05, 3.63) is 30.1 Å². The summed E-state index contributed by atoms with van der Waals surface area (Å²) in [6, 6.07) is 6.56. The van der Waals surface area contributed by atoms with Crippen molar-refractivity contribution in [3.8, 4) is 11.4 Å². The van der Waals surface area contributed by atoms with Gasteiger partial charge < -0.3 is 9.64 Å². The van der Waals surface area contributed by atoms with Gasteiger partial charge in [0, 0.05) is 24.1 Å². The highest BCUT2D eigenvalue weighted by molar-refractivity contribution is 8.15. The first-order valence-electron chi connectivity index (χ1n) is 8.13. The van der Waals surface area contributed by atoms with Gasteiger partial charge in [-0.2, -0.15) is 0 Å². The Balaban J connectivity index is 1.30. The molecule has 2 aromatic rings. The van der Waals surface area contributed by atoms with Gasteiger partial charge in [-0.3, -0.25) is 10.1 Å². The molecular formula is C16H18FN5OS2. The van der Waals surface area contributed by atoms with Gasteiger partial charge in [-0.25, -0.2) is 9.37 Å². The molecule has 1 aromatic heterocycles. The number of hydrogen-bond donors (Lipinski definition) is 1. The first kappa shape index (κ1) is 16.9. The van der Waals surface area contributed by atoms with Gasteiger partial charge in [0.05, 0.1) is 25.3 Å². The lowest BCUT2D eigenvalue weighted by Crippen LogP contribution is -2.39. The van der Waals surface area contributed by atoms with Crippen LogP contribution in [0.3, 0.4) is 0 Å². The van der Waals surface area contributed by atoms with Gasteiger partial charge >= 0.3 is 0 Å². The Hall–Kier alpha value is -1.58. The first-order chi connectivity index (χ1) is 12.3. The summed E-state index contributed by atoms with van der Waals surface area (Å²) in [6.45, 7) is 4.19. The molecule has 1 fully saturated rings. The Morgan fingerprint density at radius 2 is 2.16 bits per heavy atom. The molecule has 4 rings (SSSR count). The quantitative estimate of drug-likeness (QED) is 0.824. The Bertz CT molecular complexity index is 762. The maximum absolute atomic E-state index is 13.8. The van der Waals surface area contributed by atoms with Gasteiger partial charge in [0.15, 0.2) is 11.0 Å². The van der Waals surface area contributed by atoms with Gasteiger partial charge in [0.1, 0.15) is 5.82 Å². The zero-order chi connectivity index (χ0) is 17.1. The predicted octanol–water partition coefficient (Wildman–Crippen LogP) is 2.51. The van der Waals surface area contributed by atoms with Crippen LogP contribution < -0.4 is 0 Å². The summed E-state index contributed by atoms with van der Waals surface area (Å²) in [4.78, 5) is 11.3. The lowest BCUT2D eigenvalue weighted by atomic mass is 10.2. The Morgan fingerprint density at radius 1 is 1.32 bits per heavy atom. The van der Waals surface area contributed by atoms with Crippen LogP contribution in [0.1, 0.15) is 0 Å². The number of amidine groups is 1. The number of H-pyrrole nitrogens is 1. The molecule has 1 aromatic carbocycles. The van der Waals surface area contributed by atoms with Crippen LogP contribution >= 0.6 is 23.5 Å². The highest BCUT2D eigenvalue weighted by Crippen LogP contribution is 2.29. The number of ether oxygens (including phenoxy) is 1. The summed E-state index contributed by atoms with van der Waals surface area (Å²) in [6.07, 6.45) is 0. The molecule has 0 bridgehead atoms. The third-order valence-corrected chi connectivity index (χ3v) is 6.44. The van der Waals surface area contributed by atoms with Crippen molar-refractivity contribution in [2.75, 3.05) is 38.6 Å². The van der Waals surface area contributed by atoms with E-state index in [1.165, 1.54) is 6.07 Å². The fourth-order valence-corrected chi connectivity index (χ4v) is 4.78. The standard InChI is InChI=1S/C16H18FN5OS2/c17-13-4-2-1-3-12(13)14-19-15(21-20-14)24-10-11-9-18-16(25-11)22-5-7-23-8-6-22/h1-4,11H,5-10H2,(H,19,20,21). The minimum atomic E-state index is -0.301. The van der Waals surface area contributed by atoms with E-state index >= 15 is 0 Å². The van der Waals surface area contributed by atoms with Crippen LogP contribution in [0.15, 0.2) is 34.4 Å². The monoisotopic (exact) mass is 379 g/mol. The van der Waals surface area contributed by atoms with E-state index in [9.17, 15) is 4.39 Å². The molecule has 0 amide bonds. The van der Waals surface area contributed by atoms with E-state index in [1.807, 2.05) is 11.8 Å². The molecule has 1 N–H and O–H groups in total. The fraction of sp³-hybridized carbons (Fsp3) is 0.438. The van der Waals surface area contributed by atoms with Crippen LogP contribution in [-0.2, 0) is 4.74 Å². The zero-order valence-corrected chi connectivity index (χ0v) is 15.2. The minimum absolute atomic E-state index is 0.301. The van der Waals surface area contributed by atoms with Crippen LogP contribution in [0, 0.1) is 5.82 Å². The van der Waals surface area contributed by atoms with Gasteiger partial charge in [0.2, 0.25) is 5.16 Å². The van der Waals surface area contributed by atoms with E-state index in [0.29, 0.717) is 21.8 Å². The molecule has 1 unspecified atom stereocenters. The molecule has 3 heterocycles. The van der Waals surface area contributed by atoms with Gasteiger partial charge in [-0.15, -0.1) is 5.10 Å². The van der Waals surface area contributed by atoms with Crippen molar-refractivity contribution in [2.45, 2.75) is 10.4 Å². The molecule has 1 saturated heterocycles. The smallest absolute Gasteiger partial charge is 0.208 e. The lowest BCUT2D eigenvalue weighted by molar-refractivity contribution is 0.0693. The molecular weight excluding hydrogens is 361 g/mol. The molecule has 25 heavy (non-hydrogen) atoms. The summed E-state index contributed by atoms with van der Waals surface area (Å²) in [7, 11) is 0. The summed E-state index contributed by atoms with van der Waals surface area (Å²) in [5.74, 6) is 1.03. The highest BCUT2D eigenvalue weighted by atomic mass is 32.2. The largest absolute Gasteiger partial charge is 0.378 e. The minimum Gasteiger partial charge on any atom is -0.378 e. The number of halogens is 1. The van der Waals surface area contributed by atoms with Crippen LogP contribution in [0.25, 0.3) is 11.4 Å². The van der Waals surface area contributed by atoms with Crippen molar-refractivity contribution in [1.82, 2.24) is 20.1 Å². The summed E-state index contributed by atoms with van der Waals surface area (Å²) < 4.78 is 19.2. The van der Waals surface area contributed by atoms with E-state index in [4.69, 9.17) is 4.74 Å². The number of benzene rings is 1. The third-order valence-electron chi connectivity index (χ3n) is 3.98. The number of nitrogens with zero attached hydrogens (tertiary/aromatic N) is 4. The molecule has 2 aliphatic rings. The topological polar surface area (TPSA) is 66.4 Å². The average molecular weight is 379 g/mol. The van der Waals surface area contributed by atoms with E-state index in [2.05, 4.69) is 25.1 Å². The first-order valence-corrected chi connectivity index (χ1v) is 10.00. The second-order valence-corrected chi connectivity index (χ2v) is 7.97. The van der Waals surface area contributed by atoms with Gasteiger partial charge in [-0.1, -0.05) is 35.7 Å². The van der Waals surface area contributed by atoms with Crippen LogP contribution in [0.5, 0.6) is 0 Å². The number of rotatable bonds is 4. The van der Waals surface area contributed by atoms with Crippen molar-refractivity contribution >= 4 is 28.7 Å². The van der Waals surface area contributed by atoms with E-state index in [0.717, 1.165) is 43.8 Å². The van der Waals surface area contributed by atoms with Crippen molar-refractivity contribution < 1.29 is 9.13 Å². The second kappa shape index (κ2) is 7.76. The zero-order valence-electron chi connectivity index (χ0n) is 13.5. The fourth-order valence-electron chi connectivity index (χ4n) is 2.67. The van der Waals surface area contributed by atoms with Crippen LogP contribution in [-0.4, -0.2) is 69.1 Å².